The second-order valence-electron chi connectivity index (χ2n) is 8.03. The lowest BCUT2D eigenvalue weighted by Gasteiger charge is -2.15. The monoisotopic (exact) mass is 419 g/mol. The maximum atomic E-state index is 13.5. The molecule has 0 saturated heterocycles. The fourth-order valence-electron chi connectivity index (χ4n) is 4.03. The molecule has 3 aromatic rings. The van der Waals surface area contributed by atoms with Crippen LogP contribution in [0.4, 0.5) is 4.39 Å². The third-order valence-corrected chi connectivity index (χ3v) is 5.68. The molecule has 31 heavy (non-hydrogen) atoms. The van der Waals surface area contributed by atoms with Crippen LogP contribution >= 0.6 is 0 Å². The van der Waals surface area contributed by atoms with Crippen molar-refractivity contribution in [1.82, 2.24) is 14.9 Å². The Morgan fingerprint density at radius 2 is 1.90 bits per heavy atom. The van der Waals surface area contributed by atoms with Crippen LogP contribution in [0.5, 0.6) is 0 Å². The van der Waals surface area contributed by atoms with Crippen LogP contribution in [0.15, 0.2) is 71.1 Å². The maximum Gasteiger partial charge on any atom is 0.291 e. The number of allylic oxidation sites excluding steroid dienone is 2. The van der Waals surface area contributed by atoms with Crippen LogP contribution in [0.1, 0.15) is 56.1 Å². The highest BCUT2D eigenvalue weighted by Crippen LogP contribution is 2.39. The smallest absolute Gasteiger partial charge is 0.291 e. The molecular formula is C25H26FN3O2. The van der Waals surface area contributed by atoms with Gasteiger partial charge < -0.3 is 14.3 Å². The molecule has 0 aliphatic heterocycles. The Labute approximate surface area is 181 Å². The molecule has 2 heterocycles. The number of carbonyl (C=O) groups is 1. The molecular weight excluding hydrogens is 393 g/mol. The number of nitrogens with one attached hydrogen (secondary N) is 1. The van der Waals surface area contributed by atoms with E-state index in [1.54, 1.807) is 30.3 Å². The first-order valence-electron chi connectivity index (χ1n) is 10.5. The van der Waals surface area contributed by atoms with E-state index in [2.05, 4.69) is 21.4 Å². The Morgan fingerprint density at radius 3 is 2.55 bits per heavy atom. The van der Waals surface area contributed by atoms with Gasteiger partial charge in [-0.2, -0.15) is 0 Å². The van der Waals surface area contributed by atoms with E-state index in [1.165, 1.54) is 25.0 Å². The van der Waals surface area contributed by atoms with Crippen molar-refractivity contribution in [2.45, 2.75) is 45.6 Å². The topological polar surface area (TPSA) is 60.1 Å². The van der Waals surface area contributed by atoms with E-state index >= 15 is 0 Å². The summed E-state index contributed by atoms with van der Waals surface area (Å²) in [6.07, 6.45) is 7.93. The van der Waals surface area contributed by atoms with Gasteiger partial charge in [-0.3, -0.25) is 4.79 Å². The Morgan fingerprint density at radius 1 is 1.19 bits per heavy atom. The van der Waals surface area contributed by atoms with E-state index in [-0.39, 0.29) is 17.5 Å². The Hall–Kier alpha value is -3.41. The van der Waals surface area contributed by atoms with Gasteiger partial charge in [-0.1, -0.05) is 25.0 Å². The highest BCUT2D eigenvalue weighted by Gasteiger charge is 2.26. The van der Waals surface area contributed by atoms with Crippen molar-refractivity contribution in [3.63, 3.8) is 0 Å². The first kappa shape index (κ1) is 20.8. The van der Waals surface area contributed by atoms with Crippen molar-refractivity contribution >= 4 is 5.91 Å². The van der Waals surface area contributed by atoms with Gasteiger partial charge in [0.2, 0.25) is 0 Å². The zero-order valence-corrected chi connectivity index (χ0v) is 17.8. The first-order chi connectivity index (χ1) is 15.0. The lowest BCUT2D eigenvalue weighted by atomic mass is 10.1. The summed E-state index contributed by atoms with van der Waals surface area (Å²) in [5, 5.41) is 2.83. The van der Waals surface area contributed by atoms with Gasteiger partial charge in [-0.15, -0.1) is 0 Å². The lowest BCUT2D eigenvalue weighted by molar-refractivity contribution is 0.0940. The minimum Gasteiger partial charge on any atom is -0.449 e. The highest BCUT2D eigenvalue weighted by molar-refractivity contribution is 5.93. The van der Waals surface area contributed by atoms with E-state index in [0.29, 0.717) is 23.2 Å². The number of benzene rings is 1. The number of amides is 1. The summed E-state index contributed by atoms with van der Waals surface area (Å²) in [7, 11) is 0. The van der Waals surface area contributed by atoms with Crippen molar-refractivity contribution in [2.24, 2.45) is 0 Å². The molecule has 5 nitrogen and oxygen atoms in total. The van der Waals surface area contributed by atoms with Gasteiger partial charge in [-0.25, -0.2) is 9.37 Å². The largest absolute Gasteiger partial charge is 0.449 e. The van der Waals surface area contributed by atoms with Crippen LogP contribution in [0.3, 0.4) is 0 Å². The third-order valence-electron chi connectivity index (χ3n) is 5.68. The molecule has 1 saturated carbocycles. The molecule has 1 N–H and O–H groups in total. The number of hydrogen-bond donors (Lipinski definition) is 1. The standard InChI is InChI=1S/C25H26FN3O2/c1-4-20(16(2)3)28-25(30)22-14-13-21(31-22)24-23(17-9-11-18(26)12-10-17)27-15-29(24)19-7-5-6-8-19/h4,9-15,19H,1,5-8H2,2-3H3,(H,28,30). The van der Waals surface area contributed by atoms with Crippen molar-refractivity contribution in [3.8, 4) is 22.7 Å². The van der Waals surface area contributed by atoms with Crippen LogP contribution in [-0.2, 0) is 0 Å². The Balaban J connectivity index is 1.74. The minimum atomic E-state index is -0.336. The molecule has 0 spiro atoms. The van der Waals surface area contributed by atoms with Crippen molar-refractivity contribution < 1.29 is 13.6 Å². The summed E-state index contributed by atoms with van der Waals surface area (Å²) in [4.78, 5) is 17.3. The SMILES string of the molecule is C=CC(NC(=O)c1ccc(-c2c(-c3ccc(F)cc3)ncn2C2CCCC2)o1)=C(C)C. The fraction of sp³-hybridized carbons (Fsp3) is 0.280. The maximum absolute atomic E-state index is 13.5. The molecule has 0 unspecified atom stereocenters. The van der Waals surface area contributed by atoms with Crippen LogP contribution in [0.25, 0.3) is 22.7 Å². The Bertz CT molecular complexity index is 1130. The van der Waals surface area contributed by atoms with E-state index in [1.807, 2.05) is 20.2 Å². The van der Waals surface area contributed by atoms with Gasteiger partial charge in [0.15, 0.2) is 11.5 Å². The number of nitrogens with zero attached hydrogens (tertiary/aromatic N) is 2. The van der Waals surface area contributed by atoms with Crippen molar-refractivity contribution in [1.29, 1.82) is 0 Å². The number of rotatable bonds is 6. The van der Waals surface area contributed by atoms with Gasteiger partial charge in [-0.05, 0) is 69.2 Å². The molecule has 6 heteroatoms. The second kappa shape index (κ2) is 8.76. The average molecular weight is 420 g/mol. The summed E-state index contributed by atoms with van der Waals surface area (Å²) in [5.74, 6) is 0.137. The number of aromatic nitrogens is 2. The fourth-order valence-corrected chi connectivity index (χ4v) is 4.03. The van der Waals surface area contributed by atoms with Crippen LogP contribution in [0, 0.1) is 5.82 Å². The average Bonchev–Trinajstić information content (AvgIpc) is 3.51. The van der Waals surface area contributed by atoms with E-state index in [4.69, 9.17) is 4.42 Å². The van der Waals surface area contributed by atoms with Gasteiger partial charge in [0.25, 0.3) is 5.91 Å². The highest BCUT2D eigenvalue weighted by atomic mass is 19.1. The molecule has 0 radical (unpaired) electrons. The molecule has 4 rings (SSSR count). The number of furan rings is 1. The van der Waals surface area contributed by atoms with Crippen LogP contribution in [0.2, 0.25) is 0 Å². The zero-order chi connectivity index (χ0) is 22.0. The minimum absolute atomic E-state index is 0.208. The summed E-state index contributed by atoms with van der Waals surface area (Å²) >= 11 is 0. The summed E-state index contributed by atoms with van der Waals surface area (Å²) in [6, 6.07) is 10.0. The van der Waals surface area contributed by atoms with E-state index < -0.39 is 0 Å². The second-order valence-corrected chi connectivity index (χ2v) is 8.03. The molecule has 160 valence electrons. The summed E-state index contributed by atoms with van der Waals surface area (Å²) in [5.41, 5.74) is 3.93. The van der Waals surface area contributed by atoms with E-state index in [9.17, 15) is 9.18 Å². The lowest BCUT2D eigenvalue weighted by Crippen LogP contribution is -2.22. The number of carbonyl (C=O) groups excluding carboxylic acids is 1. The van der Waals surface area contributed by atoms with Gasteiger partial charge in [0, 0.05) is 17.3 Å². The van der Waals surface area contributed by atoms with Crippen LogP contribution < -0.4 is 5.32 Å². The molecule has 1 aliphatic carbocycles. The summed E-state index contributed by atoms with van der Waals surface area (Å²) < 4.78 is 21.6. The van der Waals surface area contributed by atoms with Crippen molar-refractivity contribution in [3.05, 3.63) is 78.2 Å². The quantitative estimate of drug-likeness (QED) is 0.479. The molecule has 1 aliphatic rings. The van der Waals surface area contributed by atoms with E-state index in [0.717, 1.165) is 29.7 Å². The summed E-state index contributed by atoms with van der Waals surface area (Å²) in [6.45, 7) is 7.55. The predicted octanol–water partition coefficient (Wildman–Crippen LogP) is 6.27. The van der Waals surface area contributed by atoms with Crippen LogP contribution in [-0.4, -0.2) is 15.5 Å². The van der Waals surface area contributed by atoms with Gasteiger partial charge >= 0.3 is 0 Å². The molecule has 1 amide bonds. The molecule has 2 aromatic heterocycles. The predicted molar refractivity (Wildman–Crippen MR) is 119 cm³/mol. The number of halogens is 1. The van der Waals surface area contributed by atoms with Gasteiger partial charge in [0.1, 0.15) is 11.5 Å². The normalized spacial score (nSPS) is 13.9. The number of imidazole rings is 1. The third kappa shape index (κ3) is 4.24. The number of hydrogen-bond acceptors (Lipinski definition) is 3. The van der Waals surface area contributed by atoms with Crippen molar-refractivity contribution in [2.75, 3.05) is 0 Å². The van der Waals surface area contributed by atoms with Gasteiger partial charge in [0.05, 0.1) is 12.0 Å². The Kier molecular flexibility index (Phi) is 5.89. The first-order valence-corrected chi connectivity index (χ1v) is 10.5. The molecule has 0 bridgehead atoms. The molecule has 0 atom stereocenters. The molecule has 1 fully saturated rings. The molecule has 1 aromatic carbocycles. The zero-order valence-electron chi connectivity index (χ0n) is 17.8.